The standard InChI is InChI=1S/C8H12N4O2/c9-7-5(2-1-3-11-7)12-4-6(13)8(10)14/h1-3,6,12-13H,4H2,(H2,9,11)(H2,10,14). The van der Waals surface area contributed by atoms with Crippen molar-refractivity contribution in [3.05, 3.63) is 18.3 Å². The molecule has 1 amide bonds. The van der Waals surface area contributed by atoms with E-state index in [9.17, 15) is 4.79 Å². The van der Waals surface area contributed by atoms with Gasteiger partial charge in [0.15, 0.2) is 0 Å². The maximum atomic E-state index is 10.5. The Hall–Kier alpha value is -1.82. The van der Waals surface area contributed by atoms with Gasteiger partial charge in [-0.05, 0) is 12.1 Å². The summed E-state index contributed by atoms with van der Waals surface area (Å²) in [6.07, 6.45) is 0.319. The van der Waals surface area contributed by atoms with Gasteiger partial charge in [0.2, 0.25) is 5.91 Å². The van der Waals surface area contributed by atoms with Gasteiger partial charge in [-0.3, -0.25) is 4.79 Å². The van der Waals surface area contributed by atoms with E-state index in [-0.39, 0.29) is 6.54 Å². The van der Waals surface area contributed by atoms with Crippen LogP contribution in [0.2, 0.25) is 0 Å². The Morgan fingerprint density at radius 2 is 2.43 bits per heavy atom. The Balaban J connectivity index is 2.54. The number of aromatic nitrogens is 1. The number of aliphatic hydroxyl groups is 1. The average molecular weight is 196 g/mol. The Morgan fingerprint density at radius 1 is 1.71 bits per heavy atom. The quantitative estimate of drug-likeness (QED) is 0.489. The first-order valence-electron chi connectivity index (χ1n) is 4.03. The van der Waals surface area contributed by atoms with Crippen molar-refractivity contribution in [3.63, 3.8) is 0 Å². The lowest BCUT2D eigenvalue weighted by Crippen LogP contribution is -2.34. The number of primary amides is 1. The van der Waals surface area contributed by atoms with E-state index in [1.807, 2.05) is 0 Å². The second-order valence-electron chi connectivity index (χ2n) is 2.74. The van der Waals surface area contributed by atoms with Crippen LogP contribution < -0.4 is 16.8 Å². The summed E-state index contributed by atoms with van der Waals surface area (Å²) in [6.45, 7) is 0.0191. The van der Waals surface area contributed by atoms with Crippen LogP contribution in [0.1, 0.15) is 0 Å². The second-order valence-corrected chi connectivity index (χ2v) is 2.74. The number of hydrogen-bond donors (Lipinski definition) is 4. The van der Waals surface area contributed by atoms with Crippen LogP contribution in [0.15, 0.2) is 18.3 Å². The molecule has 0 spiro atoms. The molecule has 1 aromatic heterocycles. The topological polar surface area (TPSA) is 114 Å². The molecule has 0 fully saturated rings. The largest absolute Gasteiger partial charge is 0.382 e. The van der Waals surface area contributed by atoms with Crippen LogP contribution in [-0.2, 0) is 4.79 Å². The third-order valence-electron chi connectivity index (χ3n) is 1.65. The number of nitrogens with two attached hydrogens (primary N) is 2. The Kier molecular flexibility index (Phi) is 3.24. The van der Waals surface area contributed by atoms with E-state index in [0.29, 0.717) is 11.5 Å². The molecule has 0 saturated carbocycles. The van der Waals surface area contributed by atoms with Crippen LogP contribution in [0, 0.1) is 0 Å². The predicted molar refractivity (Wildman–Crippen MR) is 52.3 cm³/mol. The summed E-state index contributed by atoms with van der Waals surface area (Å²) in [5.41, 5.74) is 10.9. The Labute approximate surface area is 80.9 Å². The summed E-state index contributed by atoms with van der Waals surface area (Å²) in [5.74, 6) is -0.468. The number of anilines is 2. The van der Waals surface area contributed by atoms with Crippen molar-refractivity contribution in [3.8, 4) is 0 Å². The van der Waals surface area contributed by atoms with Crippen molar-refractivity contribution in [2.75, 3.05) is 17.6 Å². The Bertz CT molecular complexity index is 329. The second kappa shape index (κ2) is 4.43. The van der Waals surface area contributed by atoms with Gasteiger partial charge in [0.05, 0.1) is 5.69 Å². The molecule has 76 valence electrons. The van der Waals surface area contributed by atoms with Crippen LogP contribution in [0.25, 0.3) is 0 Å². The first-order valence-corrected chi connectivity index (χ1v) is 4.03. The van der Waals surface area contributed by atoms with E-state index in [1.165, 1.54) is 0 Å². The molecule has 6 heteroatoms. The van der Waals surface area contributed by atoms with Gasteiger partial charge >= 0.3 is 0 Å². The fourth-order valence-electron chi connectivity index (χ4n) is 0.874. The highest BCUT2D eigenvalue weighted by Crippen LogP contribution is 2.12. The molecular weight excluding hydrogens is 184 g/mol. The van der Waals surface area contributed by atoms with Gasteiger partial charge < -0.3 is 21.9 Å². The van der Waals surface area contributed by atoms with E-state index in [2.05, 4.69) is 10.3 Å². The third kappa shape index (κ3) is 2.60. The molecule has 0 aliphatic heterocycles. The van der Waals surface area contributed by atoms with Gasteiger partial charge in [-0.25, -0.2) is 4.98 Å². The van der Waals surface area contributed by atoms with Crippen molar-refractivity contribution in [1.82, 2.24) is 4.98 Å². The molecule has 0 bridgehead atoms. The van der Waals surface area contributed by atoms with Crippen molar-refractivity contribution in [1.29, 1.82) is 0 Å². The number of carbonyl (C=O) groups excluding carboxylic acids is 1. The number of rotatable bonds is 4. The van der Waals surface area contributed by atoms with E-state index >= 15 is 0 Å². The molecule has 1 heterocycles. The lowest BCUT2D eigenvalue weighted by atomic mass is 10.3. The third-order valence-corrected chi connectivity index (χ3v) is 1.65. The summed E-state index contributed by atoms with van der Waals surface area (Å²) >= 11 is 0. The summed E-state index contributed by atoms with van der Waals surface area (Å²) in [4.78, 5) is 14.3. The molecule has 0 radical (unpaired) electrons. The average Bonchev–Trinajstić information content (AvgIpc) is 2.16. The van der Waals surface area contributed by atoms with Crippen LogP contribution in [0.3, 0.4) is 0 Å². The highest BCUT2D eigenvalue weighted by molar-refractivity contribution is 5.79. The molecule has 1 rings (SSSR count). The van der Waals surface area contributed by atoms with Crippen molar-refractivity contribution in [2.24, 2.45) is 5.73 Å². The highest BCUT2D eigenvalue weighted by Gasteiger charge is 2.10. The van der Waals surface area contributed by atoms with E-state index in [1.54, 1.807) is 18.3 Å². The monoisotopic (exact) mass is 196 g/mol. The number of pyridine rings is 1. The molecular formula is C8H12N4O2. The molecule has 6 nitrogen and oxygen atoms in total. The highest BCUT2D eigenvalue weighted by atomic mass is 16.3. The van der Waals surface area contributed by atoms with E-state index in [4.69, 9.17) is 16.6 Å². The molecule has 0 saturated heterocycles. The fourth-order valence-corrected chi connectivity index (χ4v) is 0.874. The zero-order chi connectivity index (χ0) is 10.6. The SMILES string of the molecule is NC(=O)C(O)CNc1cccnc1N. The van der Waals surface area contributed by atoms with Crippen LogP contribution in [-0.4, -0.2) is 28.6 Å². The van der Waals surface area contributed by atoms with Crippen LogP contribution in [0.5, 0.6) is 0 Å². The molecule has 14 heavy (non-hydrogen) atoms. The lowest BCUT2D eigenvalue weighted by Gasteiger charge is -2.10. The lowest BCUT2D eigenvalue weighted by molar-refractivity contribution is -0.125. The zero-order valence-corrected chi connectivity index (χ0v) is 7.47. The van der Waals surface area contributed by atoms with Crippen molar-refractivity contribution in [2.45, 2.75) is 6.10 Å². The normalized spacial score (nSPS) is 12.1. The van der Waals surface area contributed by atoms with Gasteiger partial charge in [-0.1, -0.05) is 0 Å². The van der Waals surface area contributed by atoms with E-state index < -0.39 is 12.0 Å². The smallest absolute Gasteiger partial charge is 0.248 e. The number of nitrogens with zero attached hydrogens (tertiary/aromatic N) is 1. The maximum Gasteiger partial charge on any atom is 0.248 e. The van der Waals surface area contributed by atoms with Crippen LogP contribution in [0.4, 0.5) is 11.5 Å². The zero-order valence-electron chi connectivity index (χ0n) is 7.47. The van der Waals surface area contributed by atoms with Crippen molar-refractivity contribution < 1.29 is 9.90 Å². The number of carbonyl (C=O) groups is 1. The van der Waals surface area contributed by atoms with E-state index in [0.717, 1.165) is 0 Å². The molecule has 0 aliphatic carbocycles. The summed E-state index contributed by atoms with van der Waals surface area (Å²) in [5, 5.41) is 11.8. The van der Waals surface area contributed by atoms with Gasteiger partial charge in [0, 0.05) is 12.7 Å². The van der Waals surface area contributed by atoms with Gasteiger partial charge in [-0.2, -0.15) is 0 Å². The number of nitrogen functional groups attached to an aromatic ring is 1. The number of aliphatic hydroxyl groups excluding tert-OH is 1. The minimum absolute atomic E-state index is 0.0191. The Morgan fingerprint density at radius 3 is 3.00 bits per heavy atom. The molecule has 1 aromatic rings. The first-order chi connectivity index (χ1) is 6.61. The van der Waals surface area contributed by atoms with Crippen molar-refractivity contribution >= 4 is 17.4 Å². The molecule has 0 aliphatic rings. The van der Waals surface area contributed by atoms with Gasteiger partial charge in [0.1, 0.15) is 11.9 Å². The summed E-state index contributed by atoms with van der Waals surface area (Å²) < 4.78 is 0. The molecule has 0 aromatic carbocycles. The first kappa shape index (κ1) is 10.3. The summed E-state index contributed by atoms with van der Waals surface area (Å²) in [7, 11) is 0. The minimum Gasteiger partial charge on any atom is -0.382 e. The number of nitrogens with one attached hydrogen (secondary N) is 1. The molecule has 1 unspecified atom stereocenters. The summed E-state index contributed by atoms with van der Waals surface area (Å²) in [6, 6.07) is 3.38. The molecule has 6 N–H and O–H groups in total. The number of hydrogen-bond acceptors (Lipinski definition) is 5. The molecule has 1 atom stereocenters. The fraction of sp³-hybridized carbons (Fsp3) is 0.250. The number of amides is 1. The van der Waals surface area contributed by atoms with Crippen LogP contribution >= 0.6 is 0 Å². The van der Waals surface area contributed by atoms with Gasteiger partial charge in [-0.15, -0.1) is 0 Å². The predicted octanol–water partition coefficient (Wildman–Crippen LogP) is -1.08. The minimum atomic E-state index is -1.23. The van der Waals surface area contributed by atoms with Gasteiger partial charge in [0.25, 0.3) is 0 Å². The maximum absolute atomic E-state index is 10.5.